The lowest BCUT2D eigenvalue weighted by Gasteiger charge is -2.11. The fraction of sp³-hybridized carbons (Fsp3) is 0.167. The zero-order valence-electron chi connectivity index (χ0n) is 13.7. The molecule has 8 heteroatoms. The van der Waals surface area contributed by atoms with E-state index in [0.29, 0.717) is 17.2 Å². The number of fused-ring (bicyclic) bond motifs is 1. The summed E-state index contributed by atoms with van der Waals surface area (Å²) in [5.41, 5.74) is 1.04. The van der Waals surface area contributed by atoms with E-state index in [1.165, 1.54) is 31.4 Å². The van der Waals surface area contributed by atoms with Crippen molar-refractivity contribution in [3.8, 4) is 23.0 Å². The van der Waals surface area contributed by atoms with Crippen LogP contribution in [0, 0.1) is 0 Å². The standard InChI is InChI=1S/C18H15F2NO5/c1-23-13-6-4-12(9-16(13)26-18(19)20)21-17(22)7-3-11-2-5-14-15(8-11)25-10-24-14/h2-9,18H,10H2,1H3,(H,21,22). The monoisotopic (exact) mass is 363 g/mol. The van der Waals surface area contributed by atoms with Gasteiger partial charge in [0, 0.05) is 17.8 Å². The van der Waals surface area contributed by atoms with Gasteiger partial charge in [0.05, 0.1) is 7.11 Å². The molecule has 0 spiro atoms. The molecule has 0 aliphatic carbocycles. The van der Waals surface area contributed by atoms with E-state index in [1.54, 1.807) is 24.3 Å². The van der Waals surface area contributed by atoms with E-state index in [2.05, 4.69) is 10.1 Å². The summed E-state index contributed by atoms with van der Waals surface area (Å²) < 4.78 is 44.7. The van der Waals surface area contributed by atoms with Crippen molar-refractivity contribution >= 4 is 17.7 Å². The number of alkyl halides is 2. The lowest BCUT2D eigenvalue weighted by molar-refractivity contribution is -0.111. The van der Waals surface area contributed by atoms with Gasteiger partial charge >= 0.3 is 6.61 Å². The number of carbonyl (C=O) groups excluding carboxylic acids is 1. The van der Waals surface area contributed by atoms with Crippen LogP contribution in [0.3, 0.4) is 0 Å². The van der Waals surface area contributed by atoms with Crippen molar-refractivity contribution < 1.29 is 32.5 Å². The number of hydrogen-bond acceptors (Lipinski definition) is 5. The van der Waals surface area contributed by atoms with Crippen molar-refractivity contribution in [2.75, 3.05) is 19.2 Å². The minimum atomic E-state index is -3.00. The number of halogens is 2. The number of hydrogen-bond donors (Lipinski definition) is 1. The molecule has 1 aliphatic rings. The molecule has 1 amide bonds. The highest BCUT2D eigenvalue weighted by Crippen LogP contribution is 2.33. The highest BCUT2D eigenvalue weighted by molar-refractivity contribution is 6.02. The van der Waals surface area contributed by atoms with E-state index in [9.17, 15) is 13.6 Å². The van der Waals surface area contributed by atoms with Gasteiger partial charge in [0.2, 0.25) is 12.7 Å². The predicted octanol–water partition coefficient (Wildman–Crippen LogP) is 3.68. The molecule has 1 heterocycles. The van der Waals surface area contributed by atoms with Gasteiger partial charge in [-0.15, -0.1) is 0 Å². The van der Waals surface area contributed by atoms with Crippen molar-refractivity contribution in [1.82, 2.24) is 0 Å². The van der Waals surface area contributed by atoms with Crippen molar-refractivity contribution in [3.05, 3.63) is 48.0 Å². The minimum Gasteiger partial charge on any atom is -0.493 e. The van der Waals surface area contributed by atoms with Crippen LogP contribution in [0.15, 0.2) is 42.5 Å². The fourth-order valence-corrected chi connectivity index (χ4v) is 2.32. The molecular formula is C18H15F2NO5. The average molecular weight is 363 g/mol. The number of methoxy groups -OCH3 is 1. The summed E-state index contributed by atoms with van der Waals surface area (Å²) in [6.07, 6.45) is 2.91. The van der Waals surface area contributed by atoms with Gasteiger partial charge in [-0.3, -0.25) is 4.79 Å². The number of carbonyl (C=O) groups is 1. The Bertz CT molecular complexity index is 838. The summed E-state index contributed by atoms with van der Waals surface area (Å²) in [5, 5.41) is 2.57. The second-order valence-electron chi connectivity index (χ2n) is 5.18. The Balaban J connectivity index is 1.67. The zero-order valence-corrected chi connectivity index (χ0v) is 13.7. The highest BCUT2D eigenvalue weighted by atomic mass is 19.3. The molecule has 0 bridgehead atoms. The maximum absolute atomic E-state index is 12.4. The number of nitrogens with one attached hydrogen (secondary N) is 1. The first-order valence-corrected chi connectivity index (χ1v) is 7.57. The van der Waals surface area contributed by atoms with Crippen molar-refractivity contribution in [2.24, 2.45) is 0 Å². The molecule has 0 unspecified atom stereocenters. The first kappa shape index (κ1) is 17.5. The normalized spacial score (nSPS) is 12.5. The molecule has 2 aromatic rings. The smallest absolute Gasteiger partial charge is 0.387 e. The van der Waals surface area contributed by atoms with Gasteiger partial charge in [-0.25, -0.2) is 0 Å². The number of anilines is 1. The summed E-state index contributed by atoms with van der Waals surface area (Å²) in [7, 11) is 1.33. The highest BCUT2D eigenvalue weighted by Gasteiger charge is 2.13. The SMILES string of the molecule is COc1ccc(NC(=O)C=Cc2ccc3c(c2)OCO3)cc1OC(F)F. The molecule has 0 saturated carbocycles. The Morgan fingerprint density at radius 3 is 2.73 bits per heavy atom. The summed E-state index contributed by atoms with van der Waals surface area (Å²) in [5.74, 6) is 0.794. The molecular weight excluding hydrogens is 348 g/mol. The molecule has 0 aromatic heterocycles. The van der Waals surface area contributed by atoms with Gasteiger partial charge in [-0.2, -0.15) is 8.78 Å². The van der Waals surface area contributed by atoms with Gasteiger partial charge in [-0.1, -0.05) is 6.07 Å². The van der Waals surface area contributed by atoms with Gasteiger partial charge in [0.15, 0.2) is 23.0 Å². The molecule has 0 atom stereocenters. The Morgan fingerprint density at radius 2 is 1.96 bits per heavy atom. The van der Waals surface area contributed by atoms with Crippen LogP contribution in [0.4, 0.5) is 14.5 Å². The third-order valence-corrected chi connectivity index (χ3v) is 3.47. The number of benzene rings is 2. The first-order valence-electron chi connectivity index (χ1n) is 7.57. The van der Waals surface area contributed by atoms with E-state index in [-0.39, 0.29) is 18.3 Å². The summed E-state index contributed by atoms with van der Waals surface area (Å²) in [4.78, 5) is 12.0. The third kappa shape index (κ3) is 4.21. The van der Waals surface area contributed by atoms with Crippen molar-refractivity contribution in [2.45, 2.75) is 6.61 Å². The average Bonchev–Trinajstić information content (AvgIpc) is 3.07. The van der Waals surface area contributed by atoms with Crippen molar-refractivity contribution in [1.29, 1.82) is 0 Å². The van der Waals surface area contributed by atoms with E-state index >= 15 is 0 Å². The Kier molecular flexibility index (Phi) is 5.21. The summed E-state index contributed by atoms with van der Waals surface area (Å²) in [6, 6.07) is 9.47. The van der Waals surface area contributed by atoms with Gasteiger partial charge in [-0.05, 0) is 35.9 Å². The fourth-order valence-electron chi connectivity index (χ4n) is 2.32. The van der Waals surface area contributed by atoms with Gasteiger partial charge in [0.25, 0.3) is 0 Å². The molecule has 2 aromatic carbocycles. The van der Waals surface area contributed by atoms with Gasteiger partial charge < -0.3 is 24.3 Å². The lowest BCUT2D eigenvalue weighted by atomic mass is 10.2. The first-order chi connectivity index (χ1) is 12.5. The zero-order chi connectivity index (χ0) is 18.5. The van der Waals surface area contributed by atoms with Crippen LogP contribution < -0.4 is 24.3 Å². The molecule has 26 heavy (non-hydrogen) atoms. The molecule has 1 aliphatic heterocycles. The van der Waals surface area contributed by atoms with Crippen molar-refractivity contribution in [3.63, 3.8) is 0 Å². The van der Waals surface area contributed by atoms with Crippen LogP contribution >= 0.6 is 0 Å². The largest absolute Gasteiger partial charge is 0.493 e. The molecule has 1 N–H and O–H groups in total. The lowest BCUT2D eigenvalue weighted by Crippen LogP contribution is -2.09. The molecule has 3 rings (SSSR count). The van der Waals surface area contributed by atoms with E-state index in [1.807, 2.05) is 0 Å². The van der Waals surface area contributed by atoms with E-state index < -0.39 is 12.5 Å². The van der Waals surface area contributed by atoms with Crippen LogP contribution in [0.2, 0.25) is 0 Å². The summed E-state index contributed by atoms with van der Waals surface area (Å²) in [6.45, 7) is -2.83. The van der Waals surface area contributed by atoms with Crippen LogP contribution in [-0.4, -0.2) is 26.4 Å². The third-order valence-electron chi connectivity index (χ3n) is 3.47. The predicted molar refractivity (Wildman–Crippen MR) is 89.9 cm³/mol. The Labute approximate surface area is 147 Å². The van der Waals surface area contributed by atoms with Crippen LogP contribution in [0.5, 0.6) is 23.0 Å². The molecule has 0 fully saturated rings. The molecule has 6 nitrogen and oxygen atoms in total. The summed E-state index contributed by atoms with van der Waals surface area (Å²) >= 11 is 0. The maximum Gasteiger partial charge on any atom is 0.387 e. The number of rotatable bonds is 6. The van der Waals surface area contributed by atoms with Crippen LogP contribution in [-0.2, 0) is 4.79 Å². The molecule has 136 valence electrons. The topological polar surface area (TPSA) is 66.0 Å². The number of amides is 1. The Hall–Kier alpha value is -3.29. The van der Waals surface area contributed by atoms with E-state index in [0.717, 1.165) is 5.56 Å². The molecule has 0 saturated heterocycles. The number of ether oxygens (including phenoxy) is 4. The maximum atomic E-state index is 12.4. The second kappa shape index (κ2) is 7.73. The Morgan fingerprint density at radius 1 is 1.15 bits per heavy atom. The quantitative estimate of drug-likeness (QED) is 0.793. The molecule has 0 radical (unpaired) electrons. The minimum absolute atomic E-state index is 0.138. The van der Waals surface area contributed by atoms with E-state index in [4.69, 9.17) is 14.2 Å². The second-order valence-corrected chi connectivity index (χ2v) is 5.18. The van der Waals surface area contributed by atoms with Crippen LogP contribution in [0.1, 0.15) is 5.56 Å². The van der Waals surface area contributed by atoms with Gasteiger partial charge in [0.1, 0.15) is 0 Å². The van der Waals surface area contributed by atoms with Crippen LogP contribution in [0.25, 0.3) is 6.08 Å².